The number of hydrogen-bond acceptors (Lipinski definition) is 5. The van der Waals surface area contributed by atoms with Gasteiger partial charge in [-0.3, -0.25) is 4.79 Å². The molecule has 4 aromatic rings. The quantitative estimate of drug-likeness (QED) is 0.411. The summed E-state index contributed by atoms with van der Waals surface area (Å²) in [5.41, 5.74) is 4.66. The van der Waals surface area contributed by atoms with E-state index in [1.165, 1.54) is 0 Å². The van der Waals surface area contributed by atoms with Crippen molar-refractivity contribution >= 4 is 11.9 Å². The fraction of sp³-hybridized carbons (Fsp3) is 0.286. The van der Waals surface area contributed by atoms with E-state index in [9.17, 15) is 4.79 Å². The number of hydrogen-bond donors (Lipinski definition) is 0. The molecule has 0 bridgehead atoms. The van der Waals surface area contributed by atoms with Gasteiger partial charge >= 0.3 is 0 Å². The highest BCUT2D eigenvalue weighted by Crippen LogP contribution is 2.38. The van der Waals surface area contributed by atoms with Gasteiger partial charge in [-0.1, -0.05) is 48.5 Å². The second-order valence-electron chi connectivity index (χ2n) is 9.15. The number of aromatic nitrogens is 4. The van der Waals surface area contributed by atoms with Gasteiger partial charge in [0.05, 0.1) is 11.7 Å². The molecule has 2 aromatic heterocycles. The average Bonchev–Trinajstić information content (AvgIpc) is 3.53. The molecule has 0 radical (unpaired) electrons. The number of likely N-dealkylation sites (tertiary alicyclic amines) is 1. The number of carbonyl (C=O) groups is 1. The van der Waals surface area contributed by atoms with Crippen LogP contribution in [0.15, 0.2) is 73.2 Å². The van der Waals surface area contributed by atoms with Crippen LogP contribution in [0, 0.1) is 6.92 Å². The number of aryl methyl sites for hydroxylation is 1. The van der Waals surface area contributed by atoms with Gasteiger partial charge in [0.25, 0.3) is 5.91 Å². The Morgan fingerprint density at radius 1 is 1.06 bits per heavy atom. The first-order valence-electron chi connectivity index (χ1n) is 12.0. The Labute approximate surface area is 206 Å². The zero-order valence-corrected chi connectivity index (χ0v) is 20.4. The maximum Gasteiger partial charge on any atom is 0.254 e. The van der Waals surface area contributed by atoms with E-state index in [0.29, 0.717) is 19.0 Å². The monoisotopic (exact) mass is 466 g/mol. The number of nitrogens with zero attached hydrogens (tertiary/aromatic N) is 6. The van der Waals surface area contributed by atoms with Crippen molar-refractivity contribution in [1.82, 2.24) is 24.4 Å². The van der Waals surface area contributed by atoms with Crippen LogP contribution in [0.25, 0.3) is 11.1 Å². The summed E-state index contributed by atoms with van der Waals surface area (Å²) in [4.78, 5) is 31.7. The van der Waals surface area contributed by atoms with Crippen molar-refractivity contribution in [3.63, 3.8) is 0 Å². The lowest BCUT2D eigenvalue weighted by Gasteiger charge is -2.27. The van der Waals surface area contributed by atoms with Gasteiger partial charge < -0.3 is 14.4 Å². The largest absolute Gasteiger partial charge is 0.347 e. The van der Waals surface area contributed by atoms with Crippen LogP contribution >= 0.6 is 0 Å². The third-order valence-corrected chi connectivity index (χ3v) is 6.63. The van der Waals surface area contributed by atoms with Gasteiger partial charge in [-0.25, -0.2) is 15.0 Å². The average molecular weight is 467 g/mol. The Balaban J connectivity index is 1.53. The van der Waals surface area contributed by atoms with Crippen LogP contribution in [-0.4, -0.2) is 51.0 Å². The van der Waals surface area contributed by atoms with Crippen LogP contribution in [0.2, 0.25) is 0 Å². The van der Waals surface area contributed by atoms with Crippen molar-refractivity contribution in [1.29, 1.82) is 0 Å². The molecule has 5 rings (SSSR count). The molecule has 1 amide bonds. The lowest BCUT2D eigenvalue weighted by Crippen LogP contribution is -2.32. The van der Waals surface area contributed by atoms with Gasteiger partial charge in [-0.15, -0.1) is 0 Å². The molecule has 0 aliphatic carbocycles. The van der Waals surface area contributed by atoms with E-state index in [4.69, 9.17) is 4.98 Å². The Hall–Kier alpha value is -4.00. The molecule has 1 fully saturated rings. The van der Waals surface area contributed by atoms with E-state index in [2.05, 4.69) is 26.7 Å². The molecule has 1 saturated heterocycles. The van der Waals surface area contributed by atoms with Crippen LogP contribution in [0.4, 0.5) is 5.95 Å². The molecular formula is C28H30N6O. The number of carbonyl (C=O) groups excluding carboxylic acids is 1. The SMILES string of the molecule is Cc1nccn1Cc1ccccc1C(=O)N1CCCC1c1nc(N(C)C)ncc1-c1ccccc1. The summed E-state index contributed by atoms with van der Waals surface area (Å²) >= 11 is 0. The van der Waals surface area contributed by atoms with Crippen molar-refractivity contribution in [2.24, 2.45) is 0 Å². The number of rotatable bonds is 6. The number of anilines is 1. The van der Waals surface area contributed by atoms with Crippen molar-refractivity contribution in [3.8, 4) is 11.1 Å². The minimum Gasteiger partial charge on any atom is -0.347 e. The Kier molecular flexibility index (Phi) is 6.31. The predicted molar refractivity (Wildman–Crippen MR) is 137 cm³/mol. The van der Waals surface area contributed by atoms with E-state index >= 15 is 0 Å². The zero-order valence-electron chi connectivity index (χ0n) is 20.4. The first kappa shape index (κ1) is 22.8. The summed E-state index contributed by atoms with van der Waals surface area (Å²) in [6.07, 6.45) is 7.45. The van der Waals surface area contributed by atoms with Gasteiger partial charge in [-0.05, 0) is 37.0 Å². The molecule has 1 unspecified atom stereocenters. The summed E-state index contributed by atoms with van der Waals surface area (Å²) < 4.78 is 2.06. The summed E-state index contributed by atoms with van der Waals surface area (Å²) in [5.74, 6) is 1.62. The minimum atomic E-state index is -0.109. The molecular weight excluding hydrogens is 436 g/mol. The highest BCUT2D eigenvalue weighted by molar-refractivity contribution is 5.96. The summed E-state index contributed by atoms with van der Waals surface area (Å²) in [6, 6.07) is 18.0. The topological polar surface area (TPSA) is 67.2 Å². The van der Waals surface area contributed by atoms with Gasteiger partial charge in [0, 0.05) is 56.9 Å². The third kappa shape index (κ3) is 4.54. The molecule has 0 saturated carbocycles. The molecule has 7 heteroatoms. The lowest BCUT2D eigenvalue weighted by atomic mass is 9.99. The minimum absolute atomic E-state index is 0.0462. The molecule has 1 atom stereocenters. The first-order chi connectivity index (χ1) is 17.0. The molecule has 178 valence electrons. The van der Waals surface area contributed by atoms with E-state index < -0.39 is 0 Å². The number of benzene rings is 2. The smallest absolute Gasteiger partial charge is 0.254 e. The second-order valence-corrected chi connectivity index (χ2v) is 9.15. The van der Waals surface area contributed by atoms with Gasteiger partial charge in [0.2, 0.25) is 5.95 Å². The first-order valence-corrected chi connectivity index (χ1v) is 12.0. The van der Waals surface area contributed by atoms with E-state index in [-0.39, 0.29) is 11.9 Å². The van der Waals surface area contributed by atoms with Crippen molar-refractivity contribution in [3.05, 3.63) is 95.8 Å². The molecule has 1 aliphatic heterocycles. The second kappa shape index (κ2) is 9.70. The Bertz CT molecular complexity index is 1330. The molecule has 1 aliphatic rings. The fourth-order valence-electron chi connectivity index (χ4n) is 4.76. The highest BCUT2D eigenvalue weighted by atomic mass is 16.2. The van der Waals surface area contributed by atoms with Crippen LogP contribution in [0.3, 0.4) is 0 Å². The normalized spacial score (nSPS) is 15.4. The summed E-state index contributed by atoms with van der Waals surface area (Å²) in [6.45, 7) is 3.29. The molecule has 0 spiro atoms. The third-order valence-electron chi connectivity index (χ3n) is 6.63. The predicted octanol–water partition coefficient (Wildman–Crippen LogP) is 4.74. The van der Waals surface area contributed by atoms with Crippen LogP contribution in [0.1, 0.15) is 46.3 Å². The van der Waals surface area contributed by atoms with Gasteiger partial charge in [-0.2, -0.15) is 0 Å². The highest BCUT2D eigenvalue weighted by Gasteiger charge is 2.34. The van der Waals surface area contributed by atoms with Crippen LogP contribution in [-0.2, 0) is 6.54 Å². The van der Waals surface area contributed by atoms with Crippen molar-refractivity contribution in [2.45, 2.75) is 32.4 Å². The Morgan fingerprint density at radius 3 is 2.57 bits per heavy atom. The molecule has 35 heavy (non-hydrogen) atoms. The number of imidazole rings is 1. The molecule has 3 heterocycles. The molecule has 0 N–H and O–H groups in total. The standard InChI is InChI=1S/C28H30N6O/c1-20-29-15-17-33(20)19-22-12-7-8-13-23(22)27(35)34-16-9-14-25(34)26-24(21-10-5-4-6-11-21)18-30-28(31-26)32(2)3/h4-8,10-13,15,17-18,25H,9,14,16,19H2,1-3H3. The van der Waals surface area contributed by atoms with E-state index in [1.807, 2.05) is 85.7 Å². The van der Waals surface area contributed by atoms with Crippen molar-refractivity contribution in [2.75, 3.05) is 25.5 Å². The maximum absolute atomic E-state index is 14.0. The van der Waals surface area contributed by atoms with E-state index in [0.717, 1.165) is 46.6 Å². The summed E-state index contributed by atoms with van der Waals surface area (Å²) in [7, 11) is 3.88. The summed E-state index contributed by atoms with van der Waals surface area (Å²) in [5, 5.41) is 0. The Morgan fingerprint density at radius 2 is 1.83 bits per heavy atom. The van der Waals surface area contributed by atoms with Gasteiger partial charge in [0.1, 0.15) is 5.82 Å². The van der Waals surface area contributed by atoms with Gasteiger partial charge in [0.15, 0.2) is 0 Å². The lowest BCUT2D eigenvalue weighted by molar-refractivity contribution is 0.0732. The van der Waals surface area contributed by atoms with E-state index in [1.54, 1.807) is 6.20 Å². The molecule has 2 aromatic carbocycles. The zero-order chi connectivity index (χ0) is 24.4. The maximum atomic E-state index is 14.0. The van der Waals surface area contributed by atoms with Crippen LogP contribution < -0.4 is 4.90 Å². The molecule has 7 nitrogen and oxygen atoms in total. The van der Waals surface area contributed by atoms with Crippen molar-refractivity contribution < 1.29 is 4.79 Å². The fourth-order valence-corrected chi connectivity index (χ4v) is 4.76. The number of amides is 1. The van der Waals surface area contributed by atoms with Crippen LogP contribution in [0.5, 0.6) is 0 Å².